The monoisotopic (exact) mass is 442 g/mol. The largest absolute Gasteiger partial charge is 0.395 e. The molecule has 0 bridgehead atoms. The fraction of sp³-hybridized carbons (Fsp3) is 0.933. The van der Waals surface area contributed by atoms with Gasteiger partial charge in [-0.25, -0.2) is 0 Å². The summed E-state index contributed by atoms with van der Waals surface area (Å²) in [5.74, 6) is 1.82. The standard InChI is InChI=1S/C30H50O2/c1-25(2)14-15-27(5)16-17-30(19-31)20(21(27)18-25)8-9-23-28(6)12-11-24(32)26(3,4)22(28)10-13-29(23,30)7/h8,21-24,31-32H,9-19H2,1-7H3/t21?,22?,23?,24-,27+,28-,29+,30-/m0/s1. The van der Waals surface area contributed by atoms with Gasteiger partial charge in [-0.3, -0.25) is 0 Å². The zero-order valence-electron chi connectivity index (χ0n) is 22.1. The molecule has 0 aliphatic heterocycles. The first-order valence-corrected chi connectivity index (χ1v) is 13.8. The van der Waals surface area contributed by atoms with E-state index in [0.29, 0.717) is 35.2 Å². The van der Waals surface area contributed by atoms with E-state index in [4.69, 9.17) is 0 Å². The van der Waals surface area contributed by atoms with Gasteiger partial charge in [-0.15, -0.1) is 0 Å². The van der Waals surface area contributed by atoms with Gasteiger partial charge in [-0.2, -0.15) is 0 Å². The highest BCUT2D eigenvalue weighted by Crippen LogP contribution is 2.75. The van der Waals surface area contributed by atoms with Gasteiger partial charge < -0.3 is 10.2 Å². The Labute approximate surface area is 197 Å². The van der Waals surface area contributed by atoms with Gasteiger partial charge in [0.2, 0.25) is 0 Å². The van der Waals surface area contributed by atoms with Crippen molar-refractivity contribution in [3.63, 3.8) is 0 Å². The minimum atomic E-state index is -0.175. The summed E-state index contributed by atoms with van der Waals surface area (Å²) in [5, 5.41) is 22.1. The molecule has 5 aliphatic carbocycles. The van der Waals surface area contributed by atoms with Crippen molar-refractivity contribution in [1.82, 2.24) is 0 Å². The van der Waals surface area contributed by atoms with E-state index >= 15 is 0 Å². The number of fused-ring (bicyclic) bond motifs is 7. The van der Waals surface area contributed by atoms with Crippen LogP contribution in [0.2, 0.25) is 0 Å². The molecule has 2 N–H and O–H groups in total. The van der Waals surface area contributed by atoms with Gasteiger partial charge >= 0.3 is 0 Å². The van der Waals surface area contributed by atoms with Gasteiger partial charge in [0, 0.05) is 5.41 Å². The summed E-state index contributed by atoms with van der Waals surface area (Å²) in [7, 11) is 0. The number of hydrogen-bond acceptors (Lipinski definition) is 2. The molecule has 0 radical (unpaired) electrons. The fourth-order valence-corrected chi connectivity index (χ4v) is 10.7. The third-order valence-electron chi connectivity index (χ3n) is 13.0. The lowest BCUT2D eigenvalue weighted by Gasteiger charge is -2.71. The molecule has 4 saturated carbocycles. The molecule has 0 aromatic heterocycles. The predicted molar refractivity (Wildman–Crippen MR) is 132 cm³/mol. The predicted octanol–water partition coefficient (Wildman–Crippen LogP) is 7.14. The van der Waals surface area contributed by atoms with Crippen LogP contribution in [0.4, 0.5) is 0 Å². The Morgan fingerprint density at radius 3 is 2.22 bits per heavy atom. The third-order valence-corrected chi connectivity index (χ3v) is 13.0. The van der Waals surface area contributed by atoms with E-state index in [1.165, 1.54) is 51.4 Å². The lowest BCUT2D eigenvalue weighted by molar-refractivity contribution is -0.212. The van der Waals surface area contributed by atoms with Crippen LogP contribution in [0.1, 0.15) is 113 Å². The topological polar surface area (TPSA) is 40.5 Å². The van der Waals surface area contributed by atoms with Crippen LogP contribution < -0.4 is 0 Å². The smallest absolute Gasteiger partial charge is 0.0594 e. The minimum Gasteiger partial charge on any atom is -0.395 e. The van der Waals surface area contributed by atoms with Crippen molar-refractivity contribution < 1.29 is 10.2 Å². The summed E-state index contributed by atoms with van der Waals surface area (Å²) in [5.41, 5.74) is 2.86. The number of aliphatic hydroxyl groups excluding tert-OH is 2. The Hall–Kier alpha value is -0.340. The lowest BCUT2D eigenvalue weighted by atomic mass is 9.33. The molecule has 0 aromatic carbocycles. The van der Waals surface area contributed by atoms with Crippen LogP contribution in [0.15, 0.2) is 11.6 Å². The van der Waals surface area contributed by atoms with Crippen LogP contribution in [-0.2, 0) is 0 Å². The van der Waals surface area contributed by atoms with Crippen molar-refractivity contribution in [1.29, 1.82) is 0 Å². The molecule has 3 unspecified atom stereocenters. The first kappa shape index (κ1) is 23.4. The van der Waals surface area contributed by atoms with E-state index in [0.717, 1.165) is 12.8 Å². The maximum absolute atomic E-state index is 11.2. The molecule has 4 fully saturated rings. The molecule has 2 nitrogen and oxygen atoms in total. The molecule has 2 heteroatoms. The van der Waals surface area contributed by atoms with Crippen molar-refractivity contribution in [3.8, 4) is 0 Å². The first-order chi connectivity index (χ1) is 14.8. The molecule has 8 atom stereocenters. The van der Waals surface area contributed by atoms with Gasteiger partial charge in [0.25, 0.3) is 0 Å². The molecule has 0 amide bonds. The van der Waals surface area contributed by atoms with E-state index in [-0.39, 0.29) is 27.8 Å². The molecule has 0 heterocycles. The number of aliphatic hydroxyl groups is 2. The van der Waals surface area contributed by atoms with Crippen molar-refractivity contribution in [3.05, 3.63) is 11.6 Å². The van der Waals surface area contributed by atoms with Crippen LogP contribution in [0.3, 0.4) is 0 Å². The van der Waals surface area contributed by atoms with Gasteiger partial charge in [-0.1, -0.05) is 60.1 Å². The van der Waals surface area contributed by atoms with Crippen molar-refractivity contribution in [2.45, 2.75) is 119 Å². The summed E-state index contributed by atoms with van der Waals surface area (Å²) in [6, 6.07) is 0. The molecular weight excluding hydrogens is 392 g/mol. The molecule has 182 valence electrons. The first-order valence-electron chi connectivity index (χ1n) is 13.8. The second kappa shape index (κ2) is 6.87. The average Bonchev–Trinajstić information content (AvgIpc) is 2.71. The second-order valence-electron chi connectivity index (χ2n) is 15.2. The summed E-state index contributed by atoms with van der Waals surface area (Å²) >= 11 is 0. The van der Waals surface area contributed by atoms with E-state index < -0.39 is 0 Å². The number of allylic oxidation sites excluding steroid dienone is 1. The zero-order chi connectivity index (χ0) is 23.4. The fourth-order valence-electron chi connectivity index (χ4n) is 10.7. The van der Waals surface area contributed by atoms with Crippen molar-refractivity contribution in [2.24, 2.45) is 50.2 Å². The molecule has 5 rings (SSSR count). The van der Waals surface area contributed by atoms with Crippen molar-refractivity contribution >= 4 is 0 Å². The van der Waals surface area contributed by atoms with Crippen molar-refractivity contribution in [2.75, 3.05) is 6.61 Å². The maximum Gasteiger partial charge on any atom is 0.0594 e. The van der Waals surface area contributed by atoms with Gasteiger partial charge in [0.15, 0.2) is 0 Å². The lowest BCUT2D eigenvalue weighted by Crippen LogP contribution is -2.65. The Morgan fingerprint density at radius 2 is 1.53 bits per heavy atom. The van der Waals surface area contributed by atoms with Gasteiger partial charge in [0.1, 0.15) is 0 Å². The van der Waals surface area contributed by atoms with E-state index in [1.54, 1.807) is 5.57 Å². The SMILES string of the molecule is CC1(C)CC[C@]2(C)CC[C@]3(CO)C(=CCC4[C@@]5(C)CC[C@H](O)C(C)(C)C5CC[C@]43C)C2C1. The third kappa shape index (κ3) is 2.78. The molecule has 0 aromatic rings. The molecule has 32 heavy (non-hydrogen) atoms. The van der Waals surface area contributed by atoms with Crippen LogP contribution >= 0.6 is 0 Å². The normalized spacial score (nSPS) is 53.8. The Bertz CT molecular complexity index is 810. The van der Waals surface area contributed by atoms with Gasteiger partial charge in [-0.05, 0) is 109 Å². The molecular formula is C30H50O2. The molecule has 5 aliphatic rings. The summed E-state index contributed by atoms with van der Waals surface area (Å²) in [4.78, 5) is 0. The summed E-state index contributed by atoms with van der Waals surface area (Å²) in [6.45, 7) is 17.6. The van der Waals surface area contributed by atoms with E-state index in [2.05, 4.69) is 54.5 Å². The molecule has 0 saturated heterocycles. The summed E-state index contributed by atoms with van der Waals surface area (Å²) < 4.78 is 0. The van der Waals surface area contributed by atoms with E-state index in [1.807, 2.05) is 0 Å². The number of rotatable bonds is 1. The highest BCUT2D eigenvalue weighted by atomic mass is 16.3. The maximum atomic E-state index is 11.2. The van der Waals surface area contributed by atoms with Crippen LogP contribution in [0.25, 0.3) is 0 Å². The zero-order valence-corrected chi connectivity index (χ0v) is 22.1. The number of hydrogen-bond donors (Lipinski definition) is 2. The van der Waals surface area contributed by atoms with Gasteiger partial charge in [0.05, 0.1) is 12.7 Å². The molecule has 0 spiro atoms. The Balaban J connectivity index is 1.60. The highest BCUT2D eigenvalue weighted by molar-refractivity contribution is 5.34. The second-order valence-corrected chi connectivity index (χ2v) is 15.2. The minimum absolute atomic E-state index is 0.0107. The van der Waals surface area contributed by atoms with Crippen LogP contribution in [-0.4, -0.2) is 22.9 Å². The van der Waals surface area contributed by atoms with Crippen LogP contribution in [0.5, 0.6) is 0 Å². The Morgan fingerprint density at radius 1 is 0.844 bits per heavy atom. The van der Waals surface area contributed by atoms with E-state index in [9.17, 15) is 10.2 Å². The average molecular weight is 443 g/mol. The quantitative estimate of drug-likeness (QED) is 0.424. The Kier molecular flexibility index (Phi) is 5.02. The summed E-state index contributed by atoms with van der Waals surface area (Å²) in [6.07, 6.45) is 14.6. The highest BCUT2D eigenvalue weighted by Gasteiger charge is 2.69. The van der Waals surface area contributed by atoms with Crippen LogP contribution in [0, 0.1) is 50.2 Å².